The summed E-state index contributed by atoms with van der Waals surface area (Å²) in [4.78, 5) is 2.72. The lowest BCUT2D eigenvalue weighted by Crippen LogP contribution is -2.51. The molecule has 2 aliphatic heterocycles. The number of ether oxygens (including phenoxy) is 2. The van der Waals surface area contributed by atoms with Gasteiger partial charge in [0.2, 0.25) is 0 Å². The highest BCUT2D eigenvalue weighted by Crippen LogP contribution is 2.39. The average Bonchev–Trinajstić information content (AvgIpc) is 3.05. The van der Waals surface area contributed by atoms with Crippen molar-refractivity contribution in [1.82, 2.24) is 4.90 Å². The smallest absolute Gasteiger partial charge is 0.170 e. The summed E-state index contributed by atoms with van der Waals surface area (Å²) in [6.07, 6.45) is 7.50. The minimum atomic E-state index is -0.243. The predicted molar refractivity (Wildman–Crippen MR) is 86.9 cm³/mol. The van der Waals surface area contributed by atoms with Gasteiger partial charge in [-0.1, -0.05) is 43.2 Å². The maximum atomic E-state index is 5.88. The number of nitrogens with zero attached hydrogens (tertiary/aromatic N) is 1. The third kappa shape index (κ3) is 2.82. The second kappa shape index (κ2) is 6.31. The third-order valence-corrected chi connectivity index (χ3v) is 5.80. The van der Waals surface area contributed by atoms with Crippen molar-refractivity contribution in [2.75, 3.05) is 26.3 Å². The molecule has 4 rings (SSSR count). The molecule has 3 heteroatoms. The molecule has 0 N–H and O–H groups in total. The Balaban J connectivity index is 1.46. The molecule has 3 aliphatic rings. The van der Waals surface area contributed by atoms with Crippen molar-refractivity contribution in [3.63, 3.8) is 0 Å². The van der Waals surface area contributed by atoms with Crippen molar-refractivity contribution in [1.29, 1.82) is 0 Å². The van der Waals surface area contributed by atoms with E-state index in [1.807, 2.05) is 0 Å². The van der Waals surface area contributed by atoms with Crippen LogP contribution in [0.25, 0.3) is 0 Å². The van der Waals surface area contributed by atoms with Crippen LogP contribution in [-0.4, -0.2) is 43.0 Å². The summed E-state index contributed by atoms with van der Waals surface area (Å²) in [5, 5.41) is 0. The van der Waals surface area contributed by atoms with E-state index in [0.717, 1.165) is 39.1 Å². The van der Waals surface area contributed by atoms with Crippen LogP contribution in [0.3, 0.4) is 0 Å². The van der Waals surface area contributed by atoms with Crippen LogP contribution in [0.15, 0.2) is 30.3 Å². The molecule has 1 aromatic rings. The number of benzene rings is 1. The summed E-state index contributed by atoms with van der Waals surface area (Å²) in [5.41, 5.74) is 1.53. The Hall–Kier alpha value is -0.900. The van der Waals surface area contributed by atoms with Crippen molar-refractivity contribution in [3.05, 3.63) is 35.9 Å². The minimum absolute atomic E-state index is 0.243. The number of rotatable bonds is 2. The number of hydrogen-bond acceptors (Lipinski definition) is 3. The highest BCUT2D eigenvalue weighted by molar-refractivity contribution is 5.22. The van der Waals surface area contributed by atoms with Gasteiger partial charge in [-0.3, -0.25) is 4.90 Å². The van der Waals surface area contributed by atoms with E-state index in [2.05, 4.69) is 35.2 Å². The first-order valence-corrected chi connectivity index (χ1v) is 8.93. The SMILES string of the molecule is c1ccc(C2CCCCC2N2CCC3(CC2)OCCO3)cc1. The summed E-state index contributed by atoms with van der Waals surface area (Å²) >= 11 is 0. The number of hydrogen-bond donors (Lipinski definition) is 0. The van der Waals surface area contributed by atoms with E-state index < -0.39 is 0 Å². The van der Waals surface area contributed by atoms with Crippen LogP contribution in [0.4, 0.5) is 0 Å². The maximum Gasteiger partial charge on any atom is 0.170 e. The van der Waals surface area contributed by atoms with Gasteiger partial charge in [0.15, 0.2) is 5.79 Å². The molecule has 1 aromatic carbocycles. The first kappa shape index (κ1) is 14.7. The molecular weight excluding hydrogens is 274 g/mol. The Kier molecular flexibility index (Phi) is 4.21. The van der Waals surface area contributed by atoms with E-state index in [1.165, 1.54) is 31.2 Å². The van der Waals surface area contributed by atoms with Crippen molar-refractivity contribution in [2.45, 2.75) is 56.3 Å². The van der Waals surface area contributed by atoms with Gasteiger partial charge in [-0.25, -0.2) is 0 Å². The van der Waals surface area contributed by atoms with E-state index >= 15 is 0 Å². The van der Waals surface area contributed by atoms with Crippen LogP contribution in [0, 0.1) is 0 Å². The van der Waals surface area contributed by atoms with Crippen LogP contribution >= 0.6 is 0 Å². The van der Waals surface area contributed by atoms with Gasteiger partial charge in [0.05, 0.1) is 13.2 Å². The van der Waals surface area contributed by atoms with Gasteiger partial charge in [0.25, 0.3) is 0 Å². The predicted octanol–water partition coefficient (Wildman–Crippen LogP) is 3.55. The Bertz CT molecular complexity index is 473. The minimum Gasteiger partial charge on any atom is -0.347 e. The van der Waals surface area contributed by atoms with Crippen molar-refractivity contribution in [2.24, 2.45) is 0 Å². The van der Waals surface area contributed by atoms with Gasteiger partial charge in [0.1, 0.15) is 0 Å². The summed E-state index contributed by atoms with van der Waals surface area (Å²) in [6.45, 7) is 3.79. The Morgan fingerprint density at radius 1 is 0.909 bits per heavy atom. The van der Waals surface area contributed by atoms with Crippen LogP contribution in [0.1, 0.15) is 50.0 Å². The molecule has 3 nitrogen and oxygen atoms in total. The van der Waals surface area contributed by atoms with Crippen molar-refractivity contribution < 1.29 is 9.47 Å². The molecule has 1 spiro atoms. The maximum absolute atomic E-state index is 5.88. The Labute approximate surface area is 133 Å². The zero-order chi connectivity index (χ0) is 14.8. The summed E-state index contributed by atoms with van der Waals surface area (Å²) in [5.74, 6) is 0.461. The molecule has 2 unspecified atom stereocenters. The van der Waals surface area contributed by atoms with E-state index in [-0.39, 0.29) is 5.79 Å². The standard InChI is InChI=1S/C19H27NO2/c1-2-6-16(7-3-1)17-8-4-5-9-18(17)20-12-10-19(11-13-20)21-14-15-22-19/h1-3,6-7,17-18H,4-5,8-15H2. The molecule has 0 bridgehead atoms. The highest BCUT2D eigenvalue weighted by atomic mass is 16.7. The Morgan fingerprint density at radius 3 is 2.32 bits per heavy atom. The molecule has 1 saturated carbocycles. The summed E-state index contributed by atoms with van der Waals surface area (Å²) < 4.78 is 11.8. The fourth-order valence-corrected chi connectivity index (χ4v) is 4.62. The molecular formula is C19H27NO2. The quantitative estimate of drug-likeness (QED) is 0.834. The molecule has 0 amide bonds. The van der Waals surface area contributed by atoms with E-state index in [9.17, 15) is 0 Å². The van der Waals surface area contributed by atoms with Crippen molar-refractivity contribution >= 4 is 0 Å². The highest BCUT2D eigenvalue weighted by Gasteiger charge is 2.42. The normalized spacial score (nSPS) is 32.4. The van der Waals surface area contributed by atoms with Crippen LogP contribution < -0.4 is 0 Å². The Morgan fingerprint density at radius 2 is 1.59 bits per heavy atom. The van der Waals surface area contributed by atoms with Crippen LogP contribution in [0.2, 0.25) is 0 Å². The molecule has 1 aliphatic carbocycles. The molecule has 22 heavy (non-hydrogen) atoms. The fraction of sp³-hybridized carbons (Fsp3) is 0.684. The van der Waals surface area contributed by atoms with Gasteiger partial charge in [-0.15, -0.1) is 0 Å². The van der Waals surface area contributed by atoms with Gasteiger partial charge < -0.3 is 9.47 Å². The summed E-state index contributed by atoms with van der Waals surface area (Å²) in [7, 11) is 0. The summed E-state index contributed by atoms with van der Waals surface area (Å²) in [6, 6.07) is 11.8. The molecule has 0 aromatic heterocycles. The lowest BCUT2D eigenvalue weighted by Gasteiger charge is -2.45. The second-order valence-electron chi connectivity index (χ2n) is 7.01. The van der Waals surface area contributed by atoms with Crippen molar-refractivity contribution in [3.8, 4) is 0 Å². The monoisotopic (exact) mass is 301 g/mol. The average molecular weight is 301 g/mol. The van der Waals surface area contributed by atoms with E-state index in [1.54, 1.807) is 0 Å². The molecule has 2 heterocycles. The topological polar surface area (TPSA) is 21.7 Å². The largest absolute Gasteiger partial charge is 0.347 e. The molecule has 0 radical (unpaired) electrons. The first-order chi connectivity index (χ1) is 10.9. The first-order valence-electron chi connectivity index (χ1n) is 8.93. The molecule has 2 saturated heterocycles. The molecule has 3 fully saturated rings. The van der Waals surface area contributed by atoms with E-state index in [4.69, 9.17) is 9.47 Å². The zero-order valence-electron chi connectivity index (χ0n) is 13.4. The zero-order valence-corrected chi connectivity index (χ0v) is 13.4. The van der Waals surface area contributed by atoms with Gasteiger partial charge in [-0.05, 0) is 24.3 Å². The van der Waals surface area contributed by atoms with Crippen LogP contribution in [-0.2, 0) is 9.47 Å². The molecule has 120 valence electrons. The van der Waals surface area contributed by atoms with Gasteiger partial charge in [0, 0.05) is 32.0 Å². The van der Waals surface area contributed by atoms with Gasteiger partial charge >= 0.3 is 0 Å². The molecule has 2 atom stereocenters. The lowest BCUT2D eigenvalue weighted by atomic mass is 9.78. The lowest BCUT2D eigenvalue weighted by molar-refractivity contribution is -0.189. The van der Waals surface area contributed by atoms with Crippen LogP contribution in [0.5, 0.6) is 0 Å². The second-order valence-corrected chi connectivity index (χ2v) is 7.01. The third-order valence-electron chi connectivity index (χ3n) is 5.80. The van der Waals surface area contributed by atoms with E-state index in [0.29, 0.717) is 12.0 Å². The number of piperidine rings is 1. The number of likely N-dealkylation sites (tertiary alicyclic amines) is 1. The van der Waals surface area contributed by atoms with Gasteiger partial charge in [-0.2, -0.15) is 0 Å². The fourth-order valence-electron chi connectivity index (χ4n) is 4.62.